The lowest BCUT2D eigenvalue weighted by molar-refractivity contribution is 0.660. The van der Waals surface area contributed by atoms with E-state index < -0.39 is 5.41 Å². The van der Waals surface area contributed by atoms with E-state index in [4.69, 9.17) is 0 Å². The average Bonchev–Trinajstić information content (AvgIpc) is 4.17. The van der Waals surface area contributed by atoms with Crippen LogP contribution in [0, 0.1) is 0 Å². The number of aromatic nitrogens is 1. The summed E-state index contributed by atoms with van der Waals surface area (Å²) in [4.78, 5) is 2.48. The fraction of sp³-hybridized carbons (Fsp3) is 0.0541. The predicted octanol–water partition coefficient (Wildman–Crippen LogP) is 19.4. The zero-order valence-electron chi connectivity index (χ0n) is 42.5. The molecule has 0 fully saturated rings. The molecule has 358 valence electrons. The zero-order chi connectivity index (χ0) is 50.5. The lowest BCUT2D eigenvalue weighted by Crippen LogP contribution is -2.28. The summed E-state index contributed by atoms with van der Waals surface area (Å²) in [6.45, 7) is 4.80. The van der Waals surface area contributed by atoms with Crippen LogP contribution >= 0.6 is 0 Å². The molecule has 0 aliphatic heterocycles. The molecule has 12 aromatic carbocycles. The Morgan fingerprint density at radius 2 is 0.816 bits per heavy atom. The van der Waals surface area contributed by atoms with Crippen LogP contribution in [0.3, 0.4) is 0 Å². The van der Waals surface area contributed by atoms with E-state index in [1.165, 1.54) is 110 Å². The molecule has 2 nitrogen and oxygen atoms in total. The Labute approximate surface area is 444 Å². The van der Waals surface area contributed by atoms with Gasteiger partial charge < -0.3 is 9.47 Å². The van der Waals surface area contributed by atoms with Crippen molar-refractivity contribution >= 4 is 49.6 Å². The molecule has 0 atom stereocenters. The van der Waals surface area contributed by atoms with Gasteiger partial charge in [0.2, 0.25) is 0 Å². The molecular weight excluding hydrogens is 917 g/mol. The van der Waals surface area contributed by atoms with Crippen molar-refractivity contribution in [3.8, 4) is 50.2 Å². The topological polar surface area (TPSA) is 8.17 Å². The monoisotopic (exact) mass is 968 g/mol. The molecule has 15 rings (SSSR count). The number of rotatable bonds is 8. The van der Waals surface area contributed by atoms with Gasteiger partial charge in [-0.25, -0.2) is 0 Å². The Kier molecular flexibility index (Phi) is 9.86. The summed E-state index contributed by atoms with van der Waals surface area (Å²) >= 11 is 0. The van der Waals surface area contributed by atoms with Crippen molar-refractivity contribution in [2.75, 3.05) is 4.90 Å². The maximum atomic E-state index is 2.48. The van der Waals surface area contributed by atoms with Crippen molar-refractivity contribution in [2.45, 2.75) is 24.7 Å². The molecule has 13 aromatic rings. The van der Waals surface area contributed by atoms with Crippen LogP contribution in [0.2, 0.25) is 0 Å². The van der Waals surface area contributed by atoms with Gasteiger partial charge in [-0.1, -0.05) is 214 Å². The van der Waals surface area contributed by atoms with Crippen LogP contribution in [0.25, 0.3) is 82.8 Å². The fourth-order valence-corrected chi connectivity index (χ4v) is 13.2. The highest BCUT2D eigenvalue weighted by Gasteiger charge is 2.46. The first-order valence-corrected chi connectivity index (χ1v) is 26.6. The average molecular weight is 969 g/mol. The van der Waals surface area contributed by atoms with E-state index in [0.717, 1.165) is 22.7 Å². The highest BCUT2D eigenvalue weighted by molar-refractivity contribution is 6.10. The van der Waals surface area contributed by atoms with Crippen LogP contribution in [-0.2, 0) is 10.8 Å². The van der Waals surface area contributed by atoms with Crippen LogP contribution in [0.15, 0.2) is 279 Å². The Morgan fingerprint density at radius 1 is 0.303 bits per heavy atom. The highest BCUT2D eigenvalue weighted by Crippen LogP contribution is 2.58. The van der Waals surface area contributed by atoms with Crippen molar-refractivity contribution in [3.63, 3.8) is 0 Å². The molecule has 76 heavy (non-hydrogen) atoms. The zero-order valence-corrected chi connectivity index (χ0v) is 42.5. The summed E-state index contributed by atoms with van der Waals surface area (Å²) in [6.07, 6.45) is 0. The molecule has 0 saturated carbocycles. The molecule has 0 bridgehead atoms. The standard InChI is InChI=1S/C74H52N2/c1-73(2)69-46-54(52-31-30-49-18-12-13-19-51(49)44-52)34-40-62(69)63-41-38-60(48-70(63)73)75(58-36-32-50(33-37-58)53-35-43-72-66(45-53)64-27-15-17-29-71(64)76(72)57-24-10-5-11-25-57)59-39-42-68-65(47-59)61-26-14-16-28-67(61)74(68,55-20-6-3-7-21-55)56-22-8-4-9-23-56/h3-48H,1-2H3. The maximum Gasteiger partial charge on any atom is 0.0713 e. The van der Waals surface area contributed by atoms with E-state index in [0.29, 0.717) is 0 Å². The minimum absolute atomic E-state index is 0.243. The van der Waals surface area contributed by atoms with Crippen LogP contribution < -0.4 is 4.90 Å². The van der Waals surface area contributed by atoms with Crippen LogP contribution in [-0.4, -0.2) is 4.57 Å². The van der Waals surface area contributed by atoms with E-state index in [1.807, 2.05) is 0 Å². The van der Waals surface area contributed by atoms with E-state index in [2.05, 4.69) is 302 Å². The van der Waals surface area contributed by atoms with Crippen molar-refractivity contribution in [2.24, 2.45) is 0 Å². The first-order valence-electron chi connectivity index (χ1n) is 26.6. The molecule has 0 radical (unpaired) electrons. The summed E-state index contributed by atoms with van der Waals surface area (Å²) in [5, 5.41) is 5.01. The first-order chi connectivity index (χ1) is 37.4. The minimum Gasteiger partial charge on any atom is -0.310 e. The van der Waals surface area contributed by atoms with Gasteiger partial charge in [-0.15, -0.1) is 0 Å². The van der Waals surface area contributed by atoms with Crippen molar-refractivity contribution in [1.29, 1.82) is 0 Å². The summed E-state index contributed by atoms with van der Waals surface area (Å²) in [5.74, 6) is 0. The van der Waals surface area contributed by atoms with Crippen LogP contribution in [0.5, 0.6) is 0 Å². The van der Waals surface area contributed by atoms with Gasteiger partial charge in [-0.2, -0.15) is 0 Å². The number of anilines is 3. The normalized spacial score (nSPS) is 13.6. The van der Waals surface area contributed by atoms with Gasteiger partial charge in [0.1, 0.15) is 0 Å². The summed E-state index contributed by atoms with van der Waals surface area (Å²) in [6, 6.07) is 104. The van der Waals surface area contributed by atoms with E-state index in [9.17, 15) is 0 Å². The number of hydrogen-bond acceptors (Lipinski definition) is 1. The second kappa shape index (κ2) is 17.0. The summed E-state index contributed by atoms with van der Waals surface area (Å²) < 4.78 is 2.38. The van der Waals surface area contributed by atoms with Crippen molar-refractivity contribution in [3.05, 3.63) is 312 Å². The van der Waals surface area contributed by atoms with Crippen LogP contribution in [0.1, 0.15) is 47.2 Å². The molecule has 0 spiro atoms. The van der Waals surface area contributed by atoms with E-state index in [-0.39, 0.29) is 5.41 Å². The van der Waals surface area contributed by atoms with Gasteiger partial charge >= 0.3 is 0 Å². The highest BCUT2D eigenvalue weighted by atomic mass is 15.1. The molecule has 2 aliphatic carbocycles. The van der Waals surface area contributed by atoms with E-state index >= 15 is 0 Å². The number of benzene rings is 12. The van der Waals surface area contributed by atoms with Crippen LogP contribution in [0.4, 0.5) is 17.1 Å². The molecule has 0 saturated heterocycles. The first kappa shape index (κ1) is 44.0. The second-order valence-corrected chi connectivity index (χ2v) is 21.2. The van der Waals surface area contributed by atoms with Gasteiger partial charge in [0.05, 0.1) is 16.4 Å². The fourth-order valence-electron chi connectivity index (χ4n) is 13.2. The SMILES string of the molecule is CC1(C)c2cc(-c3ccc4ccccc4c3)ccc2-c2ccc(N(c3ccc(-c4ccc5c(c4)c4ccccc4n5-c4ccccc4)cc3)c3ccc4c(c3)-c3ccccc3C4(c3ccccc3)c3ccccc3)cc21. The van der Waals surface area contributed by atoms with Gasteiger partial charge in [0.25, 0.3) is 0 Å². The van der Waals surface area contributed by atoms with Gasteiger partial charge in [0.15, 0.2) is 0 Å². The number of para-hydroxylation sites is 2. The summed E-state index contributed by atoms with van der Waals surface area (Å²) in [5.41, 5.74) is 24.0. The van der Waals surface area contributed by atoms with Crippen molar-refractivity contribution < 1.29 is 0 Å². The lowest BCUT2D eigenvalue weighted by atomic mass is 9.68. The molecular formula is C74H52N2. The molecule has 1 heterocycles. The maximum absolute atomic E-state index is 2.48. The Morgan fingerprint density at radius 3 is 1.59 bits per heavy atom. The molecule has 2 heteroatoms. The third-order valence-corrected chi connectivity index (χ3v) is 16.8. The van der Waals surface area contributed by atoms with Gasteiger partial charge in [-0.3, -0.25) is 0 Å². The lowest BCUT2D eigenvalue weighted by Gasteiger charge is -2.34. The molecule has 0 N–H and O–H groups in total. The summed E-state index contributed by atoms with van der Waals surface area (Å²) in [7, 11) is 0. The Bertz CT molecular complexity index is 4370. The molecule has 0 unspecified atom stereocenters. The quantitative estimate of drug-likeness (QED) is 0.147. The Hall–Kier alpha value is -9.50. The smallest absolute Gasteiger partial charge is 0.0713 e. The van der Waals surface area contributed by atoms with E-state index in [1.54, 1.807) is 0 Å². The molecule has 2 aliphatic rings. The van der Waals surface area contributed by atoms with Gasteiger partial charge in [0, 0.05) is 38.9 Å². The largest absolute Gasteiger partial charge is 0.310 e. The second-order valence-electron chi connectivity index (χ2n) is 21.2. The van der Waals surface area contributed by atoms with Crippen molar-refractivity contribution in [1.82, 2.24) is 4.57 Å². The molecule has 0 amide bonds. The number of nitrogens with zero attached hydrogens (tertiary/aromatic N) is 2. The minimum atomic E-state index is -0.483. The predicted molar refractivity (Wildman–Crippen MR) is 319 cm³/mol. The Balaban J connectivity index is 0.881. The van der Waals surface area contributed by atoms with Gasteiger partial charge in [-0.05, 0) is 168 Å². The number of hydrogen-bond donors (Lipinski definition) is 0. The third kappa shape index (κ3) is 6.60. The number of fused-ring (bicyclic) bond motifs is 10. The third-order valence-electron chi connectivity index (χ3n) is 16.8. The molecule has 1 aromatic heterocycles.